The van der Waals surface area contributed by atoms with Crippen molar-refractivity contribution in [2.75, 3.05) is 180 Å². The van der Waals surface area contributed by atoms with Gasteiger partial charge in [-0.2, -0.15) is 15.0 Å². The Balaban J connectivity index is 0.000000125. The van der Waals surface area contributed by atoms with Crippen molar-refractivity contribution < 1.29 is 27.6 Å². The summed E-state index contributed by atoms with van der Waals surface area (Å²) >= 11 is 20.7. The minimum Gasteiger partial charge on any atom is -0.398 e. The Labute approximate surface area is 855 Å². The van der Waals surface area contributed by atoms with Crippen LogP contribution in [0.2, 0.25) is 15.1 Å². The molecule has 756 valence electrons. The van der Waals surface area contributed by atoms with Gasteiger partial charge in [-0.1, -0.05) is 84.9 Å². The van der Waals surface area contributed by atoms with Crippen molar-refractivity contribution >= 4 is 127 Å². The van der Waals surface area contributed by atoms with Crippen LogP contribution in [0.4, 0.5) is 54.2 Å². The van der Waals surface area contributed by atoms with Gasteiger partial charge in [-0.15, -0.1) is 0 Å². The molecular formula is C106H114Cl3F3N28O6. The minimum absolute atomic E-state index is 0.0619. The Kier molecular flexibility index (Phi) is 26.7. The Bertz CT molecular complexity index is 7340. The SMILES string of the molecule is C=CC(=O)N1CCN(c2nc(=O)n(-c3c(C4CC4)nc(N4CCN(C)CC4)nc3C3CC3)c3nc(-c4ccccc4F)c(Cl)cc23)[C@@H](C)C1.C=CC(=O)N1CCN(c2nc(=O)n(-c3c(C4CC4)nc(N4CCNCC4)nc3C3CC3)c3nc(-c4c(N)cccc4F)c(Cl)cc23)[C@@H](C)C1.C=CC(=O)N1CCN(c2nc(=O)n(-c3c(C4CC4)nc(N4CCNCC4)nc3C3CC3)c3nc(-c4ccccc4F)c(Cl)cc23)[C@@H](C)C1. The molecule has 34 nitrogen and oxygen atoms in total. The molecular weight excluding hydrogens is 1920 g/mol. The van der Waals surface area contributed by atoms with E-state index in [0.717, 1.165) is 190 Å². The maximum absolute atomic E-state index is 15.4. The summed E-state index contributed by atoms with van der Waals surface area (Å²) in [5, 5.41) is 9.08. The zero-order chi connectivity index (χ0) is 101. The van der Waals surface area contributed by atoms with Gasteiger partial charge in [0.25, 0.3) is 0 Å². The Morgan fingerprint density at radius 1 is 0.370 bits per heavy atom. The number of piperazine rings is 6. The van der Waals surface area contributed by atoms with Crippen LogP contribution in [0.3, 0.4) is 0 Å². The van der Waals surface area contributed by atoms with Crippen LogP contribution < -0.4 is 62.8 Å². The molecule has 9 aromatic heterocycles. The second-order valence-electron chi connectivity index (χ2n) is 40.3. The van der Waals surface area contributed by atoms with E-state index in [1.165, 1.54) is 47.1 Å². The number of anilines is 7. The number of amides is 3. The number of halogens is 6. The number of carbonyl (C=O) groups excluding carboxylic acids is 3. The van der Waals surface area contributed by atoms with Gasteiger partial charge in [0, 0.05) is 208 Å². The maximum Gasteiger partial charge on any atom is 0.355 e. The van der Waals surface area contributed by atoms with Gasteiger partial charge in [0.05, 0.1) is 105 Å². The fourth-order valence-electron chi connectivity index (χ4n) is 21.2. The lowest BCUT2D eigenvalue weighted by atomic mass is 10.1. The van der Waals surface area contributed by atoms with E-state index in [0.29, 0.717) is 139 Å². The van der Waals surface area contributed by atoms with Crippen molar-refractivity contribution in [1.29, 1.82) is 0 Å². The number of rotatable bonds is 21. The molecule has 12 fully saturated rings. The highest BCUT2D eigenvalue weighted by atomic mass is 35.5. The number of nitrogens with two attached hydrogens (primary N) is 1. The van der Waals surface area contributed by atoms with Crippen molar-refractivity contribution in [1.82, 2.24) is 104 Å². The van der Waals surface area contributed by atoms with Gasteiger partial charge in [0.2, 0.25) is 35.6 Å². The van der Waals surface area contributed by atoms with Crippen LogP contribution in [0.25, 0.3) is 83.9 Å². The van der Waals surface area contributed by atoms with E-state index in [2.05, 4.69) is 57.0 Å². The van der Waals surface area contributed by atoms with Crippen LogP contribution >= 0.6 is 34.8 Å². The first-order valence-electron chi connectivity index (χ1n) is 50.9. The number of nitrogens with one attached hydrogen (secondary N) is 2. The Hall–Kier alpha value is -13.5. The lowest BCUT2D eigenvalue weighted by Crippen LogP contribution is -2.54. The van der Waals surface area contributed by atoms with Gasteiger partial charge in [-0.25, -0.2) is 86.1 Å². The zero-order valence-corrected chi connectivity index (χ0v) is 84.2. The summed E-state index contributed by atoms with van der Waals surface area (Å²) < 4.78 is 50.6. The fourth-order valence-corrected chi connectivity index (χ4v) is 21.9. The first-order valence-corrected chi connectivity index (χ1v) is 52.0. The topological polar surface area (TPSA) is 354 Å². The number of likely N-dealkylation sites (N-methyl/N-ethyl adjacent to an activating group) is 1. The van der Waals surface area contributed by atoms with Gasteiger partial charge in [-0.3, -0.25) is 14.4 Å². The summed E-state index contributed by atoms with van der Waals surface area (Å²) in [7, 11) is 2.12. The molecule has 0 unspecified atom stereocenters. The molecule has 146 heavy (non-hydrogen) atoms. The first-order chi connectivity index (χ1) is 70.8. The average Bonchev–Trinajstić information content (AvgIpc) is 1.37. The lowest BCUT2D eigenvalue weighted by Gasteiger charge is -2.40. The Morgan fingerprint density at radius 3 is 0.945 bits per heavy atom. The van der Waals surface area contributed by atoms with Crippen molar-refractivity contribution in [2.45, 2.75) is 151 Å². The minimum atomic E-state index is -0.574. The van der Waals surface area contributed by atoms with E-state index >= 15 is 13.2 Å². The first kappa shape index (κ1) is 97.3. The summed E-state index contributed by atoms with van der Waals surface area (Å²) in [6.45, 7) is 30.9. The number of hydrogen-bond acceptors (Lipinski definition) is 28. The van der Waals surface area contributed by atoms with Crippen molar-refractivity contribution in [2.24, 2.45) is 0 Å². The molecule has 3 aromatic carbocycles. The summed E-state index contributed by atoms with van der Waals surface area (Å²) in [5.74, 6) is 2.54. The van der Waals surface area contributed by atoms with Gasteiger partial charge < -0.3 is 65.4 Å². The second kappa shape index (κ2) is 40.1. The molecule has 0 radical (unpaired) electrons. The van der Waals surface area contributed by atoms with E-state index in [1.54, 1.807) is 84.5 Å². The summed E-state index contributed by atoms with van der Waals surface area (Å²) in [6, 6.07) is 21.8. The predicted molar refractivity (Wildman–Crippen MR) is 560 cm³/mol. The van der Waals surface area contributed by atoms with Gasteiger partial charge >= 0.3 is 17.1 Å². The van der Waals surface area contributed by atoms with Crippen molar-refractivity contribution in [3.63, 3.8) is 0 Å². The number of nitrogen functional groups attached to an aromatic ring is 1. The predicted octanol–water partition coefficient (Wildman–Crippen LogP) is 13.2. The molecule has 15 heterocycles. The standard InChI is InChI=1S/C36H39ClFN9O2.C35H38ClFN10O2.C35H37ClFN9O2/c1-4-28(48)45-17-18-46(21(2)20-45)33-25-19-26(37)31(24-7-5-6-8-27(24)38)39-34(25)47(36(49)42-33)32-29(22-9-10-22)40-35(41-30(32)23-11-12-23)44-15-13-43(3)14-16-44;1-3-26(48)45-15-16-46(19(2)18-45)32-22-17-23(36)30(27-24(37)5-4-6-25(27)38)40-33(22)47(35(49)43-32)31-28(20-7-8-20)41-34(42-29(31)21-9-10-21)44-13-11-39-12-14-44;1-3-27(47)44-16-17-45(20(2)19-44)32-24-18-25(36)30(23-6-4-5-7-26(23)37)39-33(24)46(35(48)42-32)31-28(21-8-9-21)40-34(41-29(31)22-10-11-22)43-14-12-38-13-15-43/h4-8,19,21-23H,1,9-18,20H2,2-3H3;3-6,17,19-21,39H,1,7-16,18,38H2,2H3;3-7,18,20-22,38H,1,8-17,19H2,2H3/t21-;19-;20-/m000/s1. The van der Waals surface area contributed by atoms with Crippen LogP contribution in [0.5, 0.6) is 0 Å². The molecule has 6 aliphatic heterocycles. The van der Waals surface area contributed by atoms with E-state index in [4.69, 9.17) is 100 Å². The summed E-state index contributed by atoms with van der Waals surface area (Å²) in [6.07, 6.45) is 15.5. The molecule has 6 saturated carbocycles. The second-order valence-corrected chi connectivity index (χ2v) is 41.5. The fraction of sp³-hybridized carbons (Fsp3) is 0.434. The quantitative estimate of drug-likeness (QED) is 0.0444. The van der Waals surface area contributed by atoms with Gasteiger partial charge in [-0.05, 0) is 178 Å². The number of aromatic nitrogens is 15. The summed E-state index contributed by atoms with van der Waals surface area (Å²) in [5.41, 5.74) is 13.9. The van der Waals surface area contributed by atoms with Crippen LogP contribution in [0, 0.1) is 17.5 Å². The molecule has 3 atom stereocenters. The van der Waals surface area contributed by atoms with E-state index < -0.39 is 34.5 Å². The van der Waals surface area contributed by atoms with Crippen LogP contribution in [0.1, 0.15) is 167 Å². The third kappa shape index (κ3) is 19.0. The third-order valence-corrected chi connectivity index (χ3v) is 30.8. The molecule has 12 aliphatic rings. The normalized spacial score (nSPS) is 20.0. The van der Waals surface area contributed by atoms with Gasteiger partial charge in [0.15, 0.2) is 16.9 Å². The highest BCUT2D eigenvalue weighted by Crippen LogP contribution is 2.54. The maximum atomic E-state index is 15.4. The number of hydrogen-bond donors (Lipinski definition) is 3. The molecule has 40 heteroatoms. The van der Waals surface area contributed by atoms with Crippen LogP contribution in [-0.2, 0) is 14.4 Å². The number of carbonyl (C=O) groups is 3. The lowest BCUT2D eigenvalue weighted by molar-refractivity contribution is -0.127. The molecule has 3 amide bonds. The molecule has 4 N–H and O–H groups in total. The molecule has 12 aromatic rings. The van der Waals surface area contributed by atoms with E-state index in [9.17, 15) is 28.8 Å². The van der Waals surface area contributed by atoms with Crippen molar-refractivity contribution in [3.05, 3.63) is 221 Å². The third-order valence-electron chi connectivity index (χ3n) is 29.9. The van der Waals surface area contributed by atoms with E-state index in [-0.39, 0.29) is 132 Å². The van der Waals surface area contributed by atoms with Crippen LogP contribution in [-0.4, -0.2) is 273 Å². The van der Waals surface area contributed by atoms with Crippen molar-refractivity contribution in [3.8, 4) is 50.8 Å². The average molecular weight is 2040 g/mol. The molecule has 6 aliphatic carbocycles. The van der Waals surface area contributed by atoms with Gasteiger partial charge in [0.1, 0.15) is 34.9 Å². The van der Waals surface area contributed by atoms with E-state index in [1.807, 2.05) is 35.5 Å². The molecule has 24 rings (SSSR count). The zero-order valence-electron chi connectivity index (χ0n) is 81.9. The number of nitrogens with zero attached hydrogens (tertiary/aromatic N) is 25. The van der Waals surface area contributed by atoms with Crippen LogP contribution in [0.15, 0.2) is 137 Å². The molecule has 6 saturated heterocycles. The highest BCUT2D eigenvalue weighted by Gasteiger charge is 2.45. The smallest absolute Gasteiger partial charge is 0.355 e. The number of pyridine rings is 3. The summed E-state index contributed by atoms with van der Waals surface area (Å²) in [4.78, 5) is 161. The monoisotopic (exact) mass is 2040 g/mol. The molecule has 0 bridgehead atoms. The highest BCUT2D eigenvalue weighted by molar-refractivity contribution is 6.35. The number of fused-ring (bicyclic) bond motifs is 3. The molecule has 0 spiro atoms. The Morgan fingerprint density at radius 2 is 0.658 bits per heavy atom. The largest absolute Gasteiger partial charge is 0.398 e. The number of benzene rings is 3.